The Labute approximate surface area is 117 Å². The van der Waals surface area contributed by atoms with Gasteiger partial charge in [-0.2, -0.15) is 0 Å². The first-order chi connectivity index (χ1) is 7.45. The molecule has 0 saturated carbocycles. The molecule has 0 heterocycles. The van der Waals surface area contributed by atoms with E-state index in [1.807, 2.05) is 0 Å². The van der Waals surface area contributed by atoms with Crippen LogP contribution in [0.4, 0.5) is 0 Å². The third-order valence-electron chi connectivity index (χ3n) is 1.82. The molecule has 0 atom stereocenters. The fraction of sp³-hybridized carbons (Fsp3) is 0.333. The number of nitrogens with two attached hydrogens (primary N) is 1. The summed E-state index contributed by atoms with van der Waals surface area (Å²) in [4.78, 5) is 0.0574. The van der Waals surface area contributed by atoms with Gasteiger partial charge in [-0.25, -0.2) is 13.1 Å². The van der Waals surface area contributed by atoms with Crippen molar-refractivity contribution in [3.8, 4) is 0 Å². The number of benzene rings is 1. The fourth-order valence-electron chi connectivity index (χ4n) is 1.08. The van der Waals surface area contributed by atoms with Crippen LogP contribution in [0.5, 0.6) is 0 Å². The van der Waals surface area contributed by atoms with E-state index in [4.69, 9.17) is 28.9 Å². The van der Waals surface area contributed by atoms with Gasteiger partial charge in [-0.05, 0) is 31.2 Å². The van der Waals surface area contributed by atoms with E-state index in [9.17, 15) is 8.42 Å². The van der Waals surface area contributed by atoms with Gasteiger partial charge in [-0.15, -0.1) is 12.4 Å². The highest BCUT2D eigenvalue weighted by molar-refractivity contribution is 7.89. The third-order valence-corrected chi connectivity index (χ3v) is 3.70. The summed E-state index contributed by atoms with van der Waals surface area (Å²) < 4.78 is 25.9. The van der Waals surface area contributed by atoms with Crippen LogP contribution in [-0.2, 0) is 10.0 Å². The van der Waals surface area contributed by atoms with Crippen LogP contribution in [0.15, 0.2) is 23.1 Å². The van der Waals surface area contributed by atoms with E-state index in [-0.39, 0.29) is 27.3 Å². The highest BCUT2D eigenvalue weighted by atomic mass is 35.5. The molecule has 3 N–H and O–H groups in total. The summed E-state index contributed by atoms with van der Waals surface area (Å²) in [5.74, 6) is 0. The number of hydrogen-bond acceptors (Lipinski definition) is 3. The number of hydrogen-bond donors (Lipinski definition) is 2. The highest BCUT2D eigenvalue weighted by Crippen LogP contribution is 2.21. The van der Waals surface area contributed by atoms with Gasteiger partial charge >= 0.3 is 0 Å². The van der Waals surface area contributed by atoms with Gasteiger partial charge in [0.25, 0.3) is 0 Å². The van der Waals surface area contributed by atoms with Gasteiger partial charge in [-0.1, -0.05) is 23.2 Å². The molecule has 1 aromatic carbocycles. The van der Waals surface area contributed by atoms with Crippen molar-refractivity contribution in [1.29, 1.82) is 0 Å². The second kappa shape index (κ2) is 7.41. The summed E-state index contributed by atoms with van der Waals surface area (Å²) in [6.45, 7) is 0.724. The summed E-state index contributed by atoms with van der Waals surface area (Å²) >= 11 is 11.4. The molecule has 1 rings (SSSR count). The smallest absolute Gasteiger partial charge is 0.240 e. The van der Waals surface area contributed by atoms with Crippen molar-refractivity contribution in [2.75, 3.05) is 13.1 Å². The molecular formula is C9H13Cl3N2O2S. The average Bonchev–Trinajstić information content (AvgIpc) is 2.16. The SMILES string of the molecule is Cl.NCCCNS(=O)(=O)c1cc(Cl)cc(Cl)c1. The largest absolute Gasteiger partial charge is 0.330 e. The predicted octanol–water partition coefficient (Wildman–Crippen LogP) is 2.04. The van der Waals surface area contributed by atoms with Gasteiger partial charge in [0.1, 0.15) is 0 Å². The van der Waals surface area contributed by atoms with Crippen molar-refractivity contribution < 1.29 is 8.42 Å². The maximum atomic E-state index is 11.7. The molecule has 98 valence electrons. The van der Waals surface area contributed by atoms with Crippen LogP contribution >= 0.6 is 35.6 Å². The van der Waals surface area contributed by atoms with E-state index in [0.717, 1.165) is 0 Å². The molecular weight excluding hydrogens is 307 g/mol. The molecule has 0 amide bonds. The molecule has 0 aliphatic heterocycles. The van der Waals surface area contributed by atoms with Crippen LogP contribution in [0.2, 0.25) is 10.0 Å². The third kappa shape index (κ3) is 5.42. The van der Waals surface area contributed by atoms with Crippen molar-refractivity contribution in [2.24, 2.45) is 5.73 Å². The molecule has 8 heteroatoms. The summed E-state index contributed by atoms with van der Waals surface area (Å²) in [5.41, 5.74) is 5.27. The number of rotatable bonds is 5. The standard InChI is InChI=1S/C9H12Cl2N2O2S.ClH/c10-7-4-8(11)6-9(5-7)16(14,15)13-3-1-2-12;/h4-6,13H,1-3,12H2;1H. The number of nitrogens with one attached hydrogen (secondary N) is 1. The zero-order chi connectivity index (χ0) is 12.2. The van der Waals surface area contributed by atoms with Gasteiger partial charge in [0.15, 0.2) is 0 Å². The predicted molar refractivity (Wildman–Crippen MR) is 72.6 cm³/mol. The Bertz CT molecular complexity index is 445. The Morgan fingerprint density at radius 1 is 1.18 bits per heavy atom. The molecule has 0 fully saturated rings. The van der Waals surface area contributed by atoms with Crippen molar-refractivity contribution >= 4 is 45.6 Å². The first kappa shape index (κ1) is 17.0. The number of sulfonamides is 1. The normalized spacial score (nSPS) is 11.0. The fourth-order valence-corrected chi connectivity index (χ4v) is 2.88. The van der Waals surface area contributed by atoms with Crippen molar-refractivity contribution in [3.05, 3.63) is 28.2 Å². The van der Waals surface area contributed by atoms with E-state index in [1.54, 1.807) is 0 Å². The van der Waals surface area contributed by atoms with E-state index < -0.39 is 10.0 Å². The Kier molecular flexibility index (Phi) is 7.39. The molecule has 0 aliphatic carbocycles. The summed E-state index contributed by atoms with van der Waals surface area (Å²) in [7, 11) is -3.55. The van der Waals surface area contributed by atoms with Crippen LogP contribution < -0.4 is 10.5 Å². The van der Waals surface area contributed by atoms with E-state index >= 15 is 0 Å². The molecule has 0 aromatic heterocycles. The van der Waals surface area contributed by atoms with Gasteiger partial charge in [0, 0.05) is 16.6 Å². The zero-order valence-electron chi connectivity index (χ0n) is 8.82. The van der Waals surface area contributed by atoms with Crippen molar-refractivity contribution in [1.82, 2.24) is 4.72 Å². The lowest BCUT2D eigenvalue weighted by Crippen LogP contribution is -2.26. The van der Waals surface area contributed by atoms with Crippen LogP contribution in [0.1, 0.15) is 6.42 Å². The van der Waals surface area contributed by atoms with Crippen LogP contribution in [0, 0.1) is 0 Å². The molecule has 0 unspecified atom stereocenters. The molecule has 4 nitrogen and oxygen atoms in total. The Balaban J connectivity index is 0.00000256. The van der Waals surface area contributed by atoms with E-state index in [0.29, 0.717) is 19.5 Å². The lowest BCUT2D eigenvalue weighted by Gasteiger charge is -2.06. The number of halogens is 3. The van der Waals surface area contributed by atoms with Gasteiger partial charge < -0.3 is 5.73 Å². The highest BCUT2D eigenvalue weighted by Gasteiger charge is 2.14. The lowest BCUT2D eigenvalue weighted by molar-refractivity contribution is 0.579. The van der Waals surface area contributed by atoms with Crippen LogP contribution in [0.3, 0.4) is 0 Å². The monoisotopic (exact) mass is 318 g/mol. The molecule has 0 saturated heterocycles. The van der Waals surface area contributed by atoms with E-state index in [1.165, 1.54) is 18.2 Å². The molecule has 0 aliphatic rings. The van der Waals surface area contributed by atoms with E-state index in [2.05, 4.69) is 4.72 Å². The zero-order valence-corrected chi connectivity index (χ0v) is 12.0. The van der Waals surface area contributed by atoms with Crippen molar-refractivity contribution in [3.63, 3.8) is 0 Å². The summed E-state index contributed by atoms with van der Waals surface area (Å²) in [5, 5.41) is 0.568. The second-order valence-electron chi connectivity index (χ2n) is 3.15. The maximum absolute atomic E-state index is 11.7. The first-order valence-electron chi connectivity index (χ1n) is 4.61. The molecule has 1 aromatic rings. The Morgan fingerprint density at radius 3 is 2.18 bits per heavy atom. The quantitative estimate of drug-likeness (QED) is 0.816. The summed E-state index contributed by atoms with van der Waals surface area (Å²) in [6.07, 6.45) is 0.577. The lowest BCUT2D eigenvalue weighted by atomic mass is 10.4. The molecule has 17 heavy (non-hydrogen) atoms. The topological polar surface area (TPSA) is 72.2 Å². The van der Waals surface area contributed by atoms with Gasteiger partial charge in [0.2, 0.25) is 10.0 Å². The van der Waals surface area contributed by atoms with Gasteiger partial charge in [-0.3, -0.25) is 0 Å². The second-order valence-corrected chi connectivity index (χ2v) is 5.78. The van der Waals surface area contributed by atoms with Gasteiger partial charge in [0.05, 0.1) is 4.90 Å². The molecule has 0 radical (unpaired) electrons. The van der Waals surface area contributed by atoms with Crippen LogP contribution in [-0.4, -0.2) is 21.5 Å². The minimum absolute atomic E-state index is 0. The molecule has 0 spiro atoms. The average molecular weight is 320 g/mol. The Hall–Kier alpha value is -0.0400. The Morgan fingerprint density at radius 2 is 1.71 bits per heavy atom. The molecule has 0 bridgehead atoms. The maximum Gasteiger partial charge on any atom is 0.240 e. The minimum Gasteiger partial charge on any atom is -0.330 e. The van der Waals surface area contributed by atoms with Crippen molar-refractivity contribution in [2.45, 2.75) is 11.3 Å². The first-order valence-corrected chi connectivity index (χ1v) is 6.85. The minimum atomic E-state index is -3.55. The van der Waals surface area contributed by atoms with Crippen LogP contribution in [0.25, 0.3) is 0 Å². The summed E-state index contributed by atoms with van der Waals surface area (Å²) in [6, 6.07) is 4.17.